The Morgan fingerprint density at radius 2 is 2.20 bits per heavy atom. The van der Waals surface area contributed by atoms with Crippen molar-refractivity contribution in [2.24, 2.45) is 5.14 Å². The maximum atomic E-state index is 10.9. The Kier molecular flexibility index (Phi) is 3.66. The van der Waals surface area contributed by atoms with E-state index in [-0.39, 0.29) is 16.8 Å². The first-order valence-corrected chi connectivity index (χ1v) is 6.37. The summed E-state index contributed by atoms with van der Waals surface area (Å²) >= 11 is 1.04. The maximum Gasteiger partial charge on any atom is 0.314 e. The zero-order chi connectivity index (χ0) is 11.5. The fraction of sp³-hybridized carbons (Fsp3) is 0.286. The van der Waals surface area contributed by atoms with Gasteiger partial charge in [0.15, 0.2) is 0 Å². The van der Waals surface area contributed by atoms with Gasteiger partial charge in [0, 0.05) is 11.9 Å². The number of nitrogens with two attached hydrogens (primary N) is 1. The summed E-state index contributed by atoms with van der Waals surface area (Å²) in [5, 5.41) is 9.86. The van der Waals surface area contributed by atoms with Crippen LogP contribution in [0.2, 0.25) is 0 Å². The lowest BCUT2D eigenvalue weighted by Crippen LogP contribution is -2.31. The van der Waals surface area contributed by atoms with E-state index >= 15 is 0 Å². The number of urea groups is 1. The van der Waals surface area contributed by atoms with Gasteiger partial charge in [0.25, 0.3) is 0 Å². The van der Waals surface area contributed by atoms with Gasteiger partial charge in [0.2, 0.25) is 10.0 Å². The van der Waals surface area contributed by atoms with E-state index in [9.17, 15) is 13.2 Å². The number of nitrogens with one attached hydrogen (secondary N) is 2. The monoisotopic (exact) mass is 249 g/mol. The topological polar surface area (TPSA) is 101 Å². The number of amides is 2. The van der Waals surface area contributed by atoms with Gasteiger partial charge in [-0.15, -0.1) is 11.3 Å². The number of rotatable bonds is 3. The molecule has 0 bridgehead atoms. The molecule has 2 amide bonds. The van der Waals surface area contributed by atoms with E-state index in [0.717, 1.165) is 16.2 Å². The molecule has 1 rings (SSSR count). The van der Waals surface area contributed by atoms with Gasteiger partial charge in [0.05, 0.1) is 6.54 Å². The van der Waals surface area contributed by atoms with Crippen LogP contribution < -0.4 is 15.8 Å². The van der Waals surface area contributed by atoms with E-state index in [0.29, 0.717) is 0 Å². The second kappa shape index (κ2) is 4.60. The highest BCUT2D eigenvalue weighted by molar-refractivity contribution is 7.91. The van der Waals surface area contributed by atoms with Gasteiger partial charge in [-0.3, -0.25) is 0 Å². The van der Waals surface area contributed by atoms with Gasteiger partial charge in [-0.25, -0.2) is 18.4 Å². The molecular weight excluding hydrogens is 238 g/mol. The smallest absolute Gasteiger partial charge is 0.314 e. The molecule has 0 aliphatic heterocycles. The summed E-state index contributed by atoms with van der Waals surface area (Å²) in [5.41, 5.74) is 0. The van der Waals surface area contributed by atoms with Crippen molar-refractivity contribution in [2.45, 2.75) is 10.8 Å². The van der Waals surface area contributed by atoms with Crippen LogP contribution in [0.4, 0.5) is 4.79 Å². The predicted molar refractivity (Wildman–Crippen MR) is 57.0 cm³/mol. The molecule has 1 aromatic rings. The standard InChI is InChI=1S/C7H11N3O3S2/c1-9-7(11)10-4-5-2-3-6(14-5)15(8,12)13/h2-3H,4H2,1H3,(H2,8,12,13)(H2,9,10,11). The number of hydrogen-bond acceptors (Lipinski definition) is 4. The maximum absolute atomic E-state index is 10.9. The van der Waals surface area contributed by atoms with Crippen LogP contribution in [0.15, 0.2) is 16.3 Å². The molecule has 1 heterocycles. The summed E-state index contributed by atoms with van der Waals surface area (Å²) in [4.78, 5) is 11.6. The van der Waals surface area contributed by atoms with Crippen LogP contribution in [0, 0.1) is 0 Å². The molecule has 15 heavy (non-hydrogen) atoms. The fourth-order valence-corrected chi connectivity index (χ4v) is 2.58. The Morgan fingerprint density at radius 3 is 2.67 bits per heavy atom. The largest absolute Gasteiger partial charge is 0.341 e. The first-order chi connectivity index (χ1) is 6.93. The minimum absolute atomic E-state index is 0.0937. The van der Waals surface area contributed by atoms with Crippen molar-refractivity contribution in [2.75, 3.05) is 7.05 Å². The SMILES string of the molecule is CNC(=O)NCc1ccc(S(N)(=O)=O)s1. The Labute approximate surface area is 91.5 Å². The molecule has 0 unspecified atom stereocenters. The van der Waals surface area contributed by atoms with Crippen LogP contribution in [-0.2, 0) is 16.6 Å². The number of carbonyl (C=O) groups excluding carboxylic acids is 1. The number of primary sulfonamides is 1. The first kappa shape index (κ1) is 12.0. The number of sulfonamides is 1. The van der Waals surface area contributed by atoms with E-state index in [2.05, 4.69) is 10.6 Å². The molecule has 0 spiro atoms. The Hall–Kier alpha value is -1.12. The van der Waals surface area contributed by atoms with Crippen LogP contribution in [0.3, 0.4) is 0 Å². The average Bonchev–Trinajstić information content (AvgIpc) is 2.61. The van der Waals surface area contributed by atoms with Crippen molar-refractivity contribution in [3.63, 3.8) is 0 Å². The summed E-state index contributed by atoms with van der Waals surface area (Å²) in [6.07, 6.45) is 0. The van der Waals surface area contributed by atoms with Crippen molar-refractivity contribution in [3.05, 3.63) is 17.0 Å². The summed E-state index contributed by atoms with van der Waals surface area (Å²) < 4.78 is 22.0. The molecule has 4 N–H and O–H groups in total. The summed E-state index contributed by atoms with van der Waals surface area (Å²) in [6, 6.07) is 2.71. The Morgan fingerprint density at radius 1 is 1.53 bits per heavy atom. The zero-order valence-electron chi connectivity index (χ0n) is 7.98. The third-order valence-electron chi connectivity index (χ3n) is 1.57. The van der Waals surface area contributed by atoms with Crippen molar-refractivity contribution in [1.82, 2.24) is 10.6 Å². The molecule has 0 fully saturated rings. The zero-order valence-corrected chi connectivity index (χ0v) is 9.61. The fourth-order valence-electron chi connectivity index (χ4n) is 0.862. The lowest BCUT2D eigenvalue weighted by atomic mass is 10.5. The van der Waals surface area contributed by atoms with Crippen LogP contribution in [0.1, 0.15) is 4.88 Å². The molecule has 0 atom stereocenters. The van der Waals surface area contributed by atoms with E-state index in [4.69, 9.17) is 5.14 Å². The molecular formula is C7H11N3O3S2. The normalized spacial score (nSPS) is 11.1. The van der Waals surface area contributed by atoms with Crippen molar-refractivity contribution in [3.8, 4) is 0 Å². The number of hydrogen-bond donors (Lipinski definition) is 3. The molecule has 84 valence electrons. The van der Waals surface area contributed by atoms with E-state index in [1.807, 2.05) is 0 Å². The molecule has 0 aromatic carbocycles. The Bertz CT molecular complexity index is 452. The highest BCUT2D eigenvalue weighted by Crippen LogP contribution is 2.19. The minimum atomic E-state index is -3.64. The van der Waals surface area contributed by atoms with E-state index in [1.54, 1.807) is 6.07 Å². The van der Waals surface area contributed by atoms with Gasteiger partial charge in [-0.05, 0) is 12.1 Å². The van der Waals surface area contributed by atoms with Crippen molar-refractivity contribution < 1.29 is 13.2 Å². The average molecular weight is 249 g/mol. The van der Waals surface area contributed by atoms with Crippen LogP contribution >= 0.6 is 11.3 Å². The minimum Gasteiger partial charge on any atom is -0.341 e. The molecule has 0 saturated heterocycles. The van der Waals surface area contributed by atoms with Crippen molar-refractivity contribution in [1.29, 1.82) is 0 Å². The first-order valence-electron chi connectivity index (χ1n) is 4.00. The second-order valence-electron chi connectivity index (χ2n) is 2.70. The van der Waals surface area contributed by atoms with Crippen molar-refractivity contribution >= 4 is 27.4 Å². The molecule has 0 aliphatic rings. The van der Waals surface area contributed by atoms with Crippen LogP contribution in [-0.4, -0.2) is 21.5 Å². The lowest BCUT2D eigenvalue weighted by molar-refractivity contribution is 0.242. The van der Waals surface area contributed by atoms with Gasteiger partial charge in [0.1, 0.15) is 4.21 Å². The van der Waals surface area contributed by atoms with Crippen LogP contribution in [0.5, 0.6) is 0 Å². The molecule has 6 nitrogen and oxygen atoms in total. The third kappa shape index (κ3) is 3.50. The van der Waals surface area contributed by atoms with E-state index < -0.39 is 10.0 Å². The summed E-state index contributed by atoms with van der Waals surface area (Å²) in [7, 11) is -2.14. The molecule has 0 saturated carbocycles. The quantitative estimate of drug-likeness (QED) is 0.692. The predicted octanol–water partition coefficient (Wildman–Crippen LogP) is -0.176. The van der Waals surface area contributed by atoms with Crippen LogP contribution in [0.25, 0.3) is 0 Å². The molecule has 0 radical (unpaired) electrons. The summed E-state index contributed by atoms with van der Waals surface area (Å²) in [5.74, 6) is 0. The number of thiophene rings is 1. The third-order valence-corrected chi connectivity index (χ3v) is 4.09. The van der Waals surface area contributed by atoms with Gasteiger partial charge < -0.3 is 10.6 Å². The molecule has 0 aliphatic carbocycles. The molecule has 1 aromatic heterocycles. The lowest BCUT2D eigenvalue weighted by Gasteiger charge is -2.00. The highest BCUT2D eigenvalue weighted by Gasteiger charge is 2.11. The van der Waals surface area contributed by atoms with Gasteiger partial charge >= 0.3 is 6.03 Å². The number of carbonyl (C=O) groups is 1. The molecule has 8 heteroatoms. The highest BCUT2D eigenvalue weighted by atomic mass is 32.2. The van der Waals surface area contributed by atoms with Gasteiger partial charge in [-0.1, -0.05) is 0 Å². The second-order valence-corrected chi connectivity index (χ2v) is 5.66. The summed E-state index contributed by atoms with van der Waals surface area (Å²) in [6.45, 7) is 0.278. The Balaban J connectivity index is 2.66. The van der Waals surface area contributed by atoms with E-state index in [1.165, 1.54) is 13.1 Å². The van der Waals surface area contributed by atoms with Gasteiger partial charge in [-0.2, -0.15) is 0 Å².